The lowest BCUT2D eigenvalue weighted by molar-refractivity contribution is -0.385. The van der Waals surface area contributed by atoms with Crippen LogP contribution in [0.2, 0.25) is 0 Å². The van der Waals surface area contributed by atoms with E-state index in [1.54, 1.807) is 19.1 Å². The van der Waals surface area contributed by atoms with Crippen molar-refractivity contribution in [3.05, 3.63) is 63.2 Å². The number of aromatic hydroxyl groups is 2. The molecule has 0 saturated heterocycles. The maximum absolute atomic E-state index is 10.9. The Morgan fingerprint density at radius 2 is 1.86 bits per heavy atom. The minimum Gasteiger partial charge on any atom is -0.508 e. The third kappa shape index (κ3) is 3.49. The van der Waals surface area contributed by atoms with E-state index in [1.807, 2.05) is 6.07 Å². The van der Waals surface area contributed by atoms with E-state index >= 15 is 0 Å². The molecule has 0 bridgehead atoms. The van der Waals surface area contributed by atoms with E-state index < -0.39 is 4.92 Å². The molecule has 0 aliphatic carbocycles. The van der Waals surface area contributed by atoms with Crippen molar-refractivity contribution in [2.75, 3.05) is 0 Å². The molecule has 0 aliphatic rings. The standard InChI is InChI=1S/C15H16N2O4/c1-10-11(3-2-4-14(10)17(20)21)8-16-9-12-5-6-13(18)7-15(12)19/h2-7,16,18-19H,8-9H2,1H3. The molecule has 0 unspecified atom stereocenters. The molecule has 2 rings (SSSR count). The molecule has 21 heavy (non-hydrogen) atoms. The molecular formula is C15H16N2O4. The molecule has 2 aromatic carbocycles. The second-order valence-electron chi connectivity index (χ2n) is 4.73. The summed E-state index contributed by atoms with van der Waals surface area (Å²) in [6, 6.07) is 9.35. The molecule has 0 fully saturated rings. The number of nitro benzene ring substituents is 1. The van der Waals surface area contributed by atoms with Crippen molar-refractivity contribution < 1.29 is 15.1 Å². The van der Waals surface area contributed by atoms with Gasteiger partial charge in [-0.3, -0.25) is 10.1 Å². The number of hydrogen-bond acceptors (Lipinski definition) is 5. The number of phenolic OH excluding ortho intramolecular Hbond substituents is 2. The zero-order chi connectivity index (χ0) is 15.4. The third-order valence-electron chi connectivity index (χ3n) is 3.31. The smallest absolute Gasteiger partial charge is 0.272 e. The first-order valence-corrected chi connectivity index (χ1v) is 6.43. The van der Waals surface area contributed by atoms with E-state index in [1.165, 1.54) is 18.2 Å². The number of rotatable bonds is 5. The molecule has 110 valence electrons. The quantitative estimate of drug-likeness (QED) is 0.580. The van der Waals surface area contributed by atoms with Crippen molar-refractivity contribution in [1.29, 1.82) is 0 Å². The molecule has 0 aliphatic heterocycles. The lowest BCUT2D eigenvalue weighted by Crippen LogP contribution is -2.14. The van der Waals surface area contributed by atoms with Gasteiger partial charge in [-0.15, -0.1) is 0 Å². The summed E-state index contributed by atoms with van der Waals surface area (Å²) in [5, 5.41) is 32.9. The molecule has 0 amide bonds. The van der Waals surface area contributed by atoms with Gasteiger partial charge in [-0.05, 0) is 18.6 Å². The van der Waals surface area contributed by atoms with Crippen LogP contribution in [0.15, 0.2) is 36.4 Å². The largest absolute Gasteiger partial charge is 0.508 e. The fourth-order valence-corrected chi connectivity index (χ4v) is 2.09. The molecule has 2 aromatic rings. The van der Waals surface area contributed by atoms with Gasteiger partial charge in [0.05, 0.1) is 4.92 Å². The number of phenols is 2. The van der Waals surface area contributed by atoms with Gasteiger partial charge in [-0.25, -0.2) is 0 Å². The van der Waals surface area contributed by atoms with Gasteiger partial charge >= 0.3 is 0 Å². The maximum atomic E-state index is 10.9. The topological polar surface area (TPSA) is 95.6 Å². The number of nitro groups is 1. The lowest BCUT2D eigenvalue weighted by atomic mass is 10.1. The summed E-state index contributed by atoms with van der Waals surface area (Å²) in [4.78, 5) is 10.5. The summed E-state index contributed by atoms with van der Waals surface area (Å²) in [5.74, 6) is 0.0176. The number of nitrogens with zero attached hydrogens (tertiary/aromatic N) is 1. The average molecular weight is 288 g/mol. The molecule has 0 spiro atoms. The van der Waals surface area contributed by atoms with Crippen LogP contribution in [0.4, 0.5) is 5.69 Å². The zero-order valence-electron chi connectivity index (χ0n) is 11.5. The second-order valence-corrected chi connectivity index (χ2v) is 4.73. The lowest BCUT2D eigenvalue weighted by Gasteiger charge is -2.09. The van der Waals surface area contributed by atoms with Crippen molar-refractivity contribution in [2.45, 2.75) is 20.0 Å². The highest BCUT2D eigenvalue weighted by molar-refractivity contribution is 5.44. The molecule has 0 radical (unpaired) electrons. The van der Waals surface area contributed by atoms with Crippen LogP contribution in [-0.2, 0) is 13.1 Å². The van der Waals surface area contributed by atoms with Crippen LogP contribution < -0.4 is 5.32 Å². The minimum absolute atomic E-state index is 0.00535. The highest BCUT2D eigenvalue weighted by Crippen LogP contribution is 2.23. The minimum atomic E-state index is -0.398. The highest BCUT2D eigenvalue weighted by Gasteiger charge is 2.12. The molecule has 6 heteroatoms. The molecule has 3 N–H and O–H groups in total. The fraction of sp³-hybridized carbons (Fsp3) is 0.200. The number of nitrogens with one attached hydrogen (secondary N) is 1. The predicted octanol–water partition coefficient (Wildman–Crippen LogP) is 2.60. The van der Waals surface area contributed by atoms with Crippen LogP contribution in [0.25, 0.3) is 0 Å². The van der Waals surface area contributed by atoms with E-state index in [4.69, 9.17) is 0 Å². The van der Waals surface area contributed by atoms with Crippen molar-refractivity contribution in [1.82, 2.24) is 5.32 Å². The SMILES string of the molecule is Cc1c(CNCc2ccc(O)cc2O)cccc1[N+](=O)[O-]. The average Bonchev–Trinajstić information content (AvgIpc) is 2.42. The monoisotopic (exact) mass is 288 g/mol. The van der Waals surface area contributed by atoms with Gasteiger partial charge in [-0.1, -0.05) is 18.2 Å². The summed E-state index contributed by atoms with van der Waals surface area (Å²) in [6.45, 7) is 2.56. The molecule has 6 nitrogen and oxygen atoms in total. The Kier molecular flexibility index (Phi) is 4.39. The summed E-state index contributed by atoms with van der Waals surface area (Å²) < 4.78 is 0. The Labute approximate surface area is 121 Å². The van der Waals surface area contributed by atoms with Crippen molar-refractivity contribution in [2.24, 2.45) is 0 Å². The van der Waals surface area contributed by atoms with E-state index in [0.717, 1.165) is 5.56 Å². The Hall–Kier alpha value is -2.60. The van der Waals surface area contributed by atoms with Crippen molar-refractivity contribution >= 4 is 5.69 Å². The Morgan fingerprint density at radius 1 is 1.14 bits per heavy atom. The van der Waals surface area contributed by atoms with Gasteiger partial charge in [0.2, 0.25) is 0 Å². The van der Waals surface area contributed by atoms with E-state index in [-0.39, 0.29) is 17.2 Å². The van der Waals surface area contributed by atoms with Crippen molar-refractivity contribution in [3.63, 3.8) is 0 Å². The zero-order valence-corrected chi connectivity index (χ0v) is 11.5. The Balaban J connectivity index is 2.04. The van der Waals surface area contributed by atoms with Gasteiger partial charge in [0.25, 0.3) is 5.69 Å². The van der Waals surface area contributed by atoms with E-state index in [0.29, 0.717) is 24.2 Å². The second kappa shape index (κ2) is 6.23. The summed E-state index contributed by atoms with van der Waals surface area (Å²) in [6.07, 6.45) is 0. The molecule has 0 heterocycles. The van der Waals surface area contributed by atoms with Crippen LogP contribution in [0.3, 0.4) is 0 Å². The normalized spacial score (nSPS) is 10.5. The molecule has 0 saturated carbocycles. The first-order chi connectivity index (χ1) is 9.99. The van der Waals surface area contributed by atoms with Crippen LogP contribution >= 0.6 is 0 Å². The first-order valence-electron chi connectivity index (χ1n) is 6.43. The summed E-state index contributed by atoms with van der Waals surface area (Å²) in [5.41, 5.74) is 2.21. The van der Waals surface area contributed by atoms with Gasteiger partial charge in [-0.2, -0.15) is 0 Å². The van der Waals surface area contributed by atoms with E-state index in [2.05, 4.69) is 5.32 Å². The van der Waals surface area contributed by atoms with Gasteiger partial charge in [0.15, 0.2) is 0 Å². The summed E-state index contributed by atoms with van der Waals surface area (Å²) >= 11 is 0. The maximum Gasteiger partial charge on any atom is 0.272 e. The van der Waals surface area contributed by atoms with Crippen molar-refractivity contribution in [3.8, 4) is 11.5 Å². The van der Waals surface area contributed by atoms with E-state index in [9.17, 15) is 20.3 Å². The van der Waals surface area contributed by atoms with Gasteiger partial charge in [0.1, 0.15) is 11.5 Å². The van der Waals surface area contributed by atoms with Crippen LogP contribution in [0.1, 0.15) is 16.7 Å². The Bertz CT molecular complexity index is 671. The fourth-order valence-electron chi connectivity index (χ4n) is 2.09. The molecule has 0 atom stereocenters. The Morgan fingerprint density at radius 3 is 2.52 bits per heavy atom. The molecular weight excluding hydrogens is 272 g/mol. The van der Waals surface area contributed by atoms with Crippen LogP contribution in [0, 0.1) is 17.0 Å². The number of benzene rings is 2. The summed E-state index contributed by atoms with van der Waals surface area (Å²) in [7, 11) is 0. The van der Waals surface area contributed by atoms with Crippen LogP contribution in [0.5, 0.6) is 11.5 Å². The number of hydrogen-bond donors (Lipinski definition) is 3. The molecule has 0 aromatic heterocycles. The third-order valence-corrected chi connectivity index (χ3v) is 3.31. The highest BCUT2D eigenvalue weighted by atomic mass is 16.6. The van der Waals surface area contributed by atoms with Crippen LogP contribution in [-0.4, -0.2) is 15.1 Å². The van der Waals surface area contributed by atoms with Gasteiger partial charge < -0.3 is 15.5 Å². The first kappa shape index (κ1) is 14.8. The van der Waals surface area contributed by atoms with Gasteiger partial charge in [0, 0.05) is 36.3 Å². The predicted molar refractivity (Wildman–Crippen MR) is 78.1 cm³/mol.